The Balaban J connectivity index is 1.75. The van der Waals surface area contributed by atoms with Crippen LogP contribution >= 0.6 is 0 Å². The third-order valence-corrected chi connectivity index (χ3v) is 6.67. The molecule has 6 nitrogen and oxygen atoms in total. The van der Waals surface area contributed by atoms with Crippen molar-refractivity contribution in [3.8, 4) is 0 Å². The van der Waals surface area contributed by atoms with Crippen molar-refractivity contribution in [3.05, 3.63) is 58.9 Å². The fourth-order valence-corrected chi connectivity index (χ4v) is 4.46. The molecule has 34 heavy (non-hydrogen) atoms. The lowest BCUT2D eigenvalue weighted by Crippen LogP contribution is -2.40. The number of aliphatic hydroxyl groups is 1. The summed E-state index contributed by atoms with van der Waals surface area (Å²) in [5.74, 6) is -2.29. The van der Waals surface area contributed by atoms with Crippen LogP contribution in [-0.2, 0) is 16.1 Å². The van der Waals surface area contributed by atoms with Crippen LogP contribution in [0.1, 0.15) is 63.2 Å². The molecular weight excluding hydrogens is 438 g/mol. The molecule has 0 bridgehead atoms. The average Bonchev–Trinajstić information content (AvgIpc) is 2.91. The van der Waals surface area contributed by atoms with Gasteiger partial charge in [0.1, 0.15) is 17.2 Å². The number of aryl methyl sites for hydroxylation is 1. The molecule has 1 amide bonds. The van der Waals surface area contributed by atoms with Crippen LogP contribution in [0.25, 0.3) is 10.9 Å². The smallest absolute Gasteiger partial charge is 0.300 e. The number of fused-ring (bicyclic) bond motifs is 2. The summed E-state index contributed by atoms with van der Waals surface area (Å²) in [6, 6.07) is 9.51. The van der Waals surface area contributed by atoms with Crippen molar-refractivity contribution < 1.29 is 18.7 Å². The highest BCUT2D eigenvalue weighted by molar-refractivity contribution is 6.10. The minimum Gasteiger partial charge on any atom is -0.384 e. The van der Waals surface area contributed by atoms with E-state index in [4.69, 9.17) is 0 Å². The Bertz CT molecular complexity index is 1300. The second-order valence-electron chi connectivity index (χ2n) is 10.1. The zero-order valence-corrected chi connectivity index (χ0v) is 20.5. The quantitative estimate of drug-likeness (QED) is 0.536. The van der Waals surface area contributed by atoms with Crippen molar-refractivity contribution in [3.63, 3.8) is 0 Å². The van der Waals surface area contributed by atoms with Crippen LogP contribution in [0.2, 0.25) is 0 Å². The monoisotopic (exact) mass is 468 g/mol. The maximum absolute atomic E-state index is 14.7. The maximum Gasteiger partial charge on any atom is 0.300 e. The van der Waals surface area contributed by atoms with E-state index in [0.717, 1.165) is 30.5 Å². The van der Waals surface area contributed by atoms with E-state index < -0.39 is 16.9 Å². The van der Waals surface area contributed by atoms with Gasteiger partial charge in [-0.15, -0.1) is 0 Å². The SMILES string of the molecule is Cc1nc(NC(C)c2cccc(C(F)(F)C(C)(C)O)c2)c2cc3c(cc2n1)C(C)(C)C(=O)N3C. The van der Waals surface area contributed by atoms with Crippen molar-refractivity contribution in [1.82, 2.24) is 9.97 Å². The molecule has 0 aliphatic carbocycles. The summed E-state index contributed by atoms with van der Waals surface area (Å²) in [4.78, 5) is 23.5. The molecule has 0 radical (unpaired) electrons. The first kappa shape index (κ1) is 24.0. The molecule has 1 aromatic heterocycles. The van der Waals surface area contributed by atoms with Gasteiger partial charge in [-0.1, -0.05) is 18.2 Å². The standard InChI is InChI=1S/C26H30F2N4O2/c1-14(16-9-8-10-17(11-16)26(27,28)25(5,6)34)29-22-18-12-21-19(13-20(18)30-15(2)31-22)24(3,4)23(33)32(21)7/h8-14,34H,1-7H3,(H,29,30,31). The summed E-state index contributed by atoms with van der Waals surface area (Å²) in [5.41, 5.74) is -0.0529. The van der Waals surface area contributed by atoms with Crippen molar-refractivity contribution in [2.45, 2.75) is 64.5 Å². The Morgan fingerprint density at radius 2 is 1.82 bits per heavy atom. The largest absolute Gasteiger partial charge is 0.384 e. The van der Waals surface area contributed by atoms with Gasteiger partial charge in [0.25, 0.3) is 0 Å². The van der Waals surface area contributed by atoms with Gasteiger partial charge in [-0.2, -0.15) is 8.78 Å². The molecule has 0 fully saturated rings. The zero-order chi connectivity index (χ0) is 25.2. The van der Waals surface area contributed by atoms with Gasteiger partial charge in [-0.05, 0) is 70.9 Å². The van der Waals surface area contributed by atoms with Crippen LogP contribution < -0.4 is 10.2 Å². The van der Waals surface area contributed by atoms with Gasteiger partial charge in [0.15, 0.2) is 0 Å². The highest BCUT2D eigenvalue weighted by Crippen LogP contribution is 2.44. The third-order valence-electron chi connectivity index (χ3n) is 6.67. The molecule has 1 aliphatic rings. The molecule has 0 saturated carbocycles. The Morgan fingerprint density at radius 1 is 1.15 bits per heavy atom. The zero-order valence-electron chi connectivity index (χ0n) is 20.5. The summed E-state index contributed by atoms with van der Waals surface area (Å²) in [6.07, 6.45) is 0. The van der Waals surface area contributed by atoms with E-state index in [1.54, 1.807) is 31.0 Å². The molecule has 180 valence electrons. The molecule has 0 spiro atoms. The number of aromatic nitrogens is 2. The average molecular weight is 469 g/mol. The topological polar surface area (TPSA) is 78.4 Å². The Hall–Kier alpha value is -3.13. The van der Waals surface area contributed by atoms with E-state index in [1.165, 1.54) is 12.1 Å². The number of anilines is 2. The van der Waals surface area contributed by atoms with Crippen LogP contribution in [0.3, 0.4) is 0 Å². The minimum absolute atomic E-state index is 0.00918. The number of likely N-dealkylation sites (N-methyl/N-ethyl adjacent to an activating group) is 1. The number of amides is 1. The number of carbonyl (C=O) groups is 1. The molecule has 1 atom stereocenters. The van der Waals surface area contributed by atoms with Gasteiger partial charge in [0, 0.05) is 29.7 Å². The van der Waals surface area contributed by atoms with Crippen LogP contribution in [0.5, 0.6) is 0 Å². The number of benzene rings is 2. The van der Waals surface area contributed by atoms with Crippen LogP contribution in [0.15, 0.2) is 36.4 Å². The van der Waals surface area contributed by atoms with Crippen LogP contribution in [0.4, 0.5) is 20.3 Å². The Labute approximate surface area is 198 Å². The molecule has 1 unspecified atom stereocenters. The van der Waals surface area contributed by atoms with Gasteiger partial charge in [0.05, 0.1) is 10.9 Å². The molecule has 0 saturated heterocycles. The Kier molecular flexibility index (Phi) is 5.44. The number of rotatable bonds is 5. The number of nitrogens with one attached hydrogen (secondary N) is 1. The van der Waals surface area contributed by atoms with Crippen molar-refractivity contribution >= 4 is 28.3 Å². The van der Waals surface area contributed by atoms with E-state index in [1.807, 2.05) is 32.9 Å². The molecule has 1 aliphatic heterocycles. The first-order valence-corrected chi connectivity index (χ1v) is 11.2. The summed E-state index contributed by atoms with van der Waals surface area (Å²) in [7, 11) is 1.75. The highest BCUT2D eigenvalue weighted by atomic mass is 19.3. The predicted molar refractivity (Wildman–Crippen MR) is 129 cm³/mol. The van der Waals surface area contributed by atoms with Crippen molar-refractivity contribution in [2.24, 2.45) is 0 Å². The number of carbonyl (C=O) groups excluding carboxylic acids is 1. The van der Waals surface area contributed by atoms with Crippen LogP contribution in [0, 0.1) is 6.92 Å². The molecule has 8 heteroatoms. The fourth-order valence-electron chi connectivity index (χ4n) is 4.46. The predicted octanol–water partition coefficient (Wildman–Crippen LogP) is 5.23. The fraction of sp³-hybridized carbons (Fsp3) is 0.423. The van der Waals surface area contributed by atoms with Gasteiger partial charge >= 0.3 is 5.92 Å². The highest BCUT2D eigenvalue weighted by Gasteiger charge is 2.47. The van der Waals surface area contributed by atoms with E-state index in [0.29, 0.717) is 22.7 Å². The summed E-state index contributed by atoms with van der Waals surface area (Å²) in [6.45, 7) is 9.63. The molecular formula is C26H30F2N4O2. The molecule has 2 aromatic carbocycles. The van der Waals surface area contributed by atoms with E-state index in [-0.39, 0.29) is 17.5 Å². The lowest BCUT2D eigenvalue weighted by molar-refractivity contribution is -0.168. The normalized spacial score (nSPS) is 16.6. The second-order valence-corrected chi connectivity index (χ2v) is 10.1. The van der Waals surface area contributed by atoms with Crippen molar-refractivity contribution in [1.29, 1.82) is 0 Å². The molecule has 2 heterocycles. The number of halogens is 2. The van der Waals surface area contributed by atoms with E-state index in [2.05, 4.69) is 15.3 Å². The van der Waals surface area contributed by atoms with E-state index in [9.17, 15) is 18.7 Å². The van der Waals surface area contributed by atoms with Gasteiger partial charge < -0.3 is 15.3 Å². The summed E-state index contributed by atoms with van der Waals surface area (Å²) < 4.78 is 29.5. The second kappa shape index (κ2) is 7.70. The van der Waals surface area contributed by atoms with Crippen molar-refractivity contribution in [2.75, 3.05) is 17.3 Å². The maximum atomic E-state index is 14.7. The van der Waals surface area contributed by atoms with Gasteiger partial charge in [0.2, 0.25) is 5.91 Å². The Morgan fingerprint density at radius 3 is 2.47 bits per heavy atom. The first-order valence-electron chi connectivity index (χ1n) is 11.2. The third kappa shape index (κ3) is 3.70. The summed E-state index contributed by atoms with van der Waals surface area (Å²) >= 11 is 0. The number of hydrogen-bond acceptors (Lipinski definition) is 5. The lowest BCUT2D eigenvalue weighted by atomic mass is 9.85. The number of alkyl halides is 2. The van der Waals surface area contributed by atoms with E-state index >= 15 is 0 Å². The molecule has 2 N–H and O–H groups in total. The number of nitrogens with zero attached hydrogens (tertiary/aromatic N) is 3. The number of hydrogen-bond donors (Lipinski definition) is 2. The first-order chi connectivity index (χ1) is 15.6. The van der Waals surface area contributed by atoms with Gasteiger partial charge in [-0.3, -0.25) is 4.79 Å². The van der Waals surface area contributed by atoms with Gasteiger partial charge in [-0.25, -0.2) is 9.97 Å². The minimum atomic E-state index is -3.41. The van der Waals surface area contributed by atoms with Crippen LogP contribution in [-0.4, -0.2) is 33.6 Å². The molecule has 3 aromatic rings. The lowest BCUT2D eigenvalue weighted by Gasteiger charge is -2.30. The summed E-state index contributed by atoms with van der Waals surface area (Å²) in [5, 5.41) is 14.0. The molecule has 4 rings (SSSR count).